The summed E-state index contributed by atoms with van der Waals surface area (Å²) < 4.78 is 5.38. The lowest BCUT2D eigenvalue weighted by Crippen LogP contribution is -2.01. The van der Waals surface area contributed by atoms with Crippen molar-refractivity contribution >= 4 is 27.8 Å². The zero-order chi connectivity index (χ0) is 14.4. The number of fused-ring (bicyclic) bond motifs is 3. The number of carbonyl (C=O) groups is 1. The summed E-state index contributed by atoms with van der Waals surface area (Å²) in [5.41, 5.74) is 2.21. The summed E-state index contributed by atoms with van der Waals surface area (Å²) in [6.07, 6.45) is 1.54. The number of carboxylic acid groups (broad SMARTS) is 1. The van der Waals surface area contributed by atoms with Crippen molar-refractivity contribution in [2.24, 2.45) is 0 Å². The van der Waals surface area contributed by atoms with Crippen molar-refractivity contribution in [1.82, 2.24) is 9.97 Å². The van der Waals surface area contributed by atoms with Crippen LogP contribution >= 0.6 is 0 Å². The van der Waals surface area contributed by atoms with Crippen LogP contribution in [0.5, 0.6) is 0 Å². The molecule has 3 heterocycles. The van der Waals surface area contributed by atoms with Gasteiger partial charge in [0.05, 0.1) is 11.8 Å². The number of H-pyrrole nitrogens is 1. The van der Waals surface area contributed by atoms with E-state index < -0.39 is 5.97 Å². The predicted octanol–water partition coefficient (Wildman–Crippen LogP) is 3.67. The fourth-order valence-corrected chi connectivity index (χ4v) is 2.55. The summed E-state index contributed by atoms with van der Waals surface area (Å²) in [7, 11) is 0. The molecule has 4 aromatic rings. The Labute approximate surface area is 118 Å². The first-order chi connectivity index (χ1) is 10.2. The van der Waals surface area contributed by atoms with Gasteiger partial charge >= 0.3 is 5.97 Å². The molecule has 1 aromatic carbocycles. The SMILES string of the molecule is O=C(O)c1cc2c([nH]c3ccccc32)c(-c2ccco2)n1. The Hall–Kier alpha value is -3.08. The number of nitrogens with one attached hydrogen (secondary N) is 1. The monoisotopic (exact) mass is 278 g/mol. The molecule has 0 unspecified atom stereocenters. The van der Waals surface area contributed by atoms with Crippen molar-refractivity contribution in [1.29, 1.82) is 0 Å². The summed E-state index contributed by atoms with van der Waals surface area (Å²) in [4.78, 5) is 18.8. The van der Waals surface area contributed by atoms with Gasteiger partial charge in [-0.3, -0.25) is 0 Å². The van der Waals surface area contributed by atoms with Crippen LogP contribution in [0.25, 0.3) is 33.3 Å². The van der Waals surface area contributed by atoms with Crippen LogP contribution in [0.3, 0.4) is 0 Å². The number of hydrogen-bond acceptors (Lipinski definition) is 3. The average Bonchev–Trinajstić information content (AvgIpc) is 3.13. The smallest absolute Gasteiger partial charge is 0.354 e. The quantitative estimate of drug-likeness (QED) is 0.586. The van der Waals surface area contributed by atoms with Gasteiger partial charge in [0.2, 0.25) is 0 Å². The number of para-hydroxylation sites is 1. The van der Waals surface area contributed by atoms with E-state index in [-0.39, 0.29) is 5.69 Å². The number of hydrogen-bond donors (Lipinski definition) is 2. The number of furan rings is 1. The number of aromatic amines is 1. The lowest BCUT2D eigenvalue weighted by molar-refractivity contribution is 0.0691. The van der Waals surface area contributed by atoms with Gasteiger partial charge in [0.25, 0.3) is 0 Å². The van der Waals surface area contributed by atoms with Gasteiger partial charge in [0.1, 0.15) is 11.4 Å². The highest BCUT2D eigenvalue weighted by molar-refractivity contribution is 6.12. The highest BCUT2D eigenvalue weighted by Gasteiger charge is 2.17. The molecule has 102 valence electrons. The van der Waals surface area contributed by atoms with Gasteiger partial charge in [-0.1, -0.05) is 18.2 Å². The Kier molecular flexibility index (Phi) is 2.35. The Morgan fingerprint density at radius 2 is 2.00 bits per heavy atom. The number of aromatic carboxylic acids is 1. The first kappa shape index (κ1) is 11.7. The van der Waals surface area contributed by atoms with E-state index in [2.05, 4.69) is 9.97 Å². The third-order valence-electron chi connectivity index (χ3n) is 3.47. The fourth-order valence-electron chi connectivity index (χ4n) is 2.55. The highest BCUT2D eigenvalue weighted by Crippen LogP contribution is 2.32. The lowest BCUT2D eigenvalue weighted by atomic mass is 10.1. The summed E-state index contributed by atoms with van der Waals surface area (Å²) in [6, 6.07) is 12.8. The molecule has 0 radical (unpaired) electrons. The van der Waals surface area contributed by atoms with Crippen molar-refractivity contribution in [2.45, 2.75) is 0 Å². The van der Waals surface area contributed by atoms with Crippen LogP contribution in [0.4, 0.5) is 0 Å². The Morgan fingerprint density at radius 3 is 2.76 bits per heavy atom. The maximum Gasteiger partial charge on any atom is 0.354 e. The minimum absolute atomic E-state index is 0.00125. The summed E-state index contributed by atoms with van der Waals surface area (Å²) in [6.45, 7) is 0. The van der Waals surface area contributed by atoms with Crippen molar-refractivity contribution in [2.75, 3.05) is 0 Å². The minimum atomic E-state index is -1.06. The normalized spacial score (nSPS) is 11.2. The standard InChI is InChI=1S/C16H10N2O3/c19-16(20)12-8-10-9-4-1-2-5-11(9)17-14(10)15(18-12)13-6-3-7-21-13/h1-8,17H,(H,19,20). The second kappa shape index (κ2) is 4.21. The van der Waals surface area contributed by atoms with Crippen LogP contribution in [0.1, 0.15) is 10.5 Å². The van der Waals surface area contributed by atoms with Crippen molar-refractivity contribution in [3.63, 3.8) is 0 Å². The van der Waals surface area contributed by atoms with Gasteiger partial charge in [-0.15, -0.1) is 0 Å². The van der Waals surface area contributed by atoms with Gasteiger partial charge in [-0.25, -0.2) is 9.78 Å². The molecule has 4 rings (SSSR count). The molecule has 2 N–H and O–H groups in total. The van der Waals surface area contributed by atoms with Crippen LogP contribution in [0.15, 0.2) is 53.1 Å². The number of nitrogens with zero attached hydrogens (tertiary/aromatic N) is 1. The van der Waals surface area contributed by atoms with Crippen molar-refractivity contribution in [3.05, 3.63) is 54.4 Å². The number of rotatable bonds is 2. The van der Waals surface area contributed by atoms with Gasteiger partial charge in [0, 0.05) is 16.3 Å². The number of benzene rings is 1. The van der Waals surface area contributed by atoms with Crippen LogP contribution in [0, 0.1) is 0 Å². The van der Waals surface area contributed by atoms with Gasteiger partial charge in [-0.2, -0.15) is 0 Å². The van der Waals surface area contributed by atoms with E-state index in [9.17, 15) is 9.90 Å². The lowest BCUT2D eigenvalue weighted by Gasteiger charge is -2.02. The van der Waals surface area contributed by atoms with E-state index in [4.69, 9.17) is 4.42 Å². The van der Waals surface area contributed by atoms with E-state index >= 15 is 0 Å². The maximum absolute atomic E-state index is 11.3. The minimum Gasteiger partial charge on any atom is -0.477 e. The molecule has 5 heteroatoms. The predicted molar refractivity (Wildman–Crippen MR) is 78.3 cm³/mol. The first-order valence-electron chi connectivity index (χ1n) is 6.42. The number of carboxylic acids is 1. The van der Waals surface area contributed by atoms with Gasteiger partial charge < -0.3 is 14.5 Å². The average molecular weight is 278 g/mol. The summed E-state index contributed by atoms with van der Waals surface area (Å²) in [5.74, 6) is -0.523. The molecular formula is C16H10N2O3. The molecule has 0 spiro atoms. The van der Waals surface area contributed by atoms with E-state index in [0.717, 1.165) is 21.8 Å². The zero-order valence-corrected chi connectivity index (χ0v) is 10.8. The molecule has 3 aromatic heterocycles. The fraction of sp³-hybridized carbons (Fsp3) is 0. The molecule has 0 fully saturated rings. The molecule has 0 amide bonds. The first-order valence-corrected chi connectivity index (χ1v) is 6.42. The molecule has 0 saturated heterocycles. The Morgan fingerprint density at radius 1 is 1.14 bits per heavy atom. The van der Waals surface area contributed by atoms with E-state index in [1.807, 2.05) is 24.3 Å². The van der Waals surface area contributed by atoms with Gasteiger partial charge in [0.15, 0.2) is 5.76 Å². The topological polar surface area (TPSA) is 79.1 Å². The zero-order valence-electron chi connectivity index (χ0n) is 10.8. The molecule has 5 nitrogen and oxygen atoms in total. The second-order valence-corrected chi connectivity index (χ2v) is 4.73. The van der Waals surface area contributed by atoms with E-state index in [0.29, 0.717) is 11.5 Å². The molecule has 0 bridgehead atoms. The number of pyridine rings is 1. The molecule has 0 aliphatic carbocycles. The van der Waals surface area contributed by atoms with E-state index in [1.165, 1.54) is 0 Å². The van der Waals surface area contributed by atoms with Crippen LogP contribution in [-0.2, 0) is 0 Å². The van der Waals surface area contributed by atoms with Crippen LogP contribution < -0.4 is 0 Å². The third-order valence-corrected chi connectivity index (χ3v) is 3.47. The summed E-state index contributed by atoms with van der Waals surface area (Å²) >= 11 is 0. The molecular weight excluding hydrogens is 268 g/mol. The molecule has 0 atom stereocenters. The van der Waals surface area contributed by atoms with Crippen LogP contribution in [0.2, 0.25) is 0 Å². The second-order valence-electron chi connectivity index (χ2n) is 4.73. The molecule has 21 heavy (non-hydrogen) atoms. The summed E-state index contributed by atoms with van der Waals surface area (Å²) in [5, 5.41) is 11.1. The largest absolute Gasteiger partial charge is 0.477 e. The molecule has 0 saturated carbocycles. The molecule has 0 aliphatic rings. The maximum atomic E-state index is 11.3. The Balaban J connectivity index is 2.18. The van der Waals surface area contributed by atoms with Crippen molar-refractivity contribution in [3.8, 4) is 11.5 Å². The highest BCUT2D eigenvalue weighted by atomic mass is 16.4. The third kappa shape index (κ3) is 1.71. The van der Waals surface area contributed by atoms with Crippen molar-refractivity contribution < 1.29 is 14.3 Å². The number of aromatic nitrogens is 2. The molecule has 0 aliphatic heterocycles. The van der Waals surface area contributed by atoms with Gasteiger partial charge in [-0.05, 0) is 24.3 Å². The Bertz CT molecular complexity index is 968. The van der Waals surface area contributed by atoms with E-state index in [1.54, 1.807) is 24.5 Å². The van der Waals surface area contributed by atoms with Crippen LogP contribution in [-0.4, -0.2) is 21.0 Å².